The van der Waals surface area contributed by atoms with Crippen LogP contribution >= 0.6 is 0 Å². The molecule has 0 N–H and O–H groups in total. The Kier molecular flexibility index (Phi) is 7.61. The van der Waals surface area contributed by atoms with Crippen LogP contribution in [0.25, 0.3) is 5.57 Å². The van der Waals surface area contributed by atoms with Crippen molar-refractivity contribution in [1.82, 2.24) is 9.99 Å². The molecule has 38 heavy (non-hydrogen) atoms. The number of hydrogen-bond acceptors (Lipinski definition) is 6. The number of nitriles is 2. The molecule has 3 aliphatic heterocycles. The summed E-state index contributed by atoms with van der Waals surface area (Å²) < 4.78 is 0. The number of pyridine rings is 1. The molecule has 194 valence electrons. The van der Waals surface area contributed by atoms with Gasteiger partial charge in [0.25, 0.3) is 0 Å². The van der Waals surface area contributed by atoms with E-state index in [1.165, 1.54) is 16.7 Å². The second kappa shape index (κ2) is 11.2. The fourth-order valence-corrected chi connectivity index (χ4v) is 6.06. The van der Waals surface area contributed by atoms with Crippen LogP contribution in [0.1, 0.15) is 62.6 Å². The quantitative estimate of drug-likeness (QED) is 0.423. The summed E-state index contributed by atoms with van der Waals surface area (Å²) in [7, 11) is 0. The van der Waals surface area contributed by atoms with E-state index < -0.39 is 0 Å². The smallest absolute Gasteiger partial charge is 0.128 e. The first-order valence-electron chi connectivity index (χ1n) is 13.9. The van der Waals surface area contributed by atoms with Crippen LogP contribution in [0.2, 0.25) is 0 Å². The first-order valence-corrected chi connectivity index (χ1v) is 13.9. The lowest BCUT2D eigenvalue weighted by Gasteiger charge is -2.41. The number of rotatable bonds is 8. The van der Waals surface area contributed by atoms with Crippen molar-refractivity contribution in [2.24, 2.45) is 16.4 Å². The van der Waals surface area contributed by atoms with Crippen LogP contribution in [-0.4, -0.2) is 35.3 Å². The summed E-state index contributed by atoms with van der Waals surface area (Å²) in [5.74, 6) is 0.706. The van der Waals surface area contributed by atoms with Gasteiger partial charge in [-0.1, -0.05) is 50.6 Å². The summed E-state index contributed by atoms with van der Waals surface area (Å²) in [5.41, 5.74) is 6.08. The number of allylic oxidation sites excluding steroid dienone is 2. The number of hydrazone groups is 1. The van der Waals surface area contributed by atoms with Crippen LogP contribution in [0.3, 0.4) is 0 Å². The molecule has 3 aliphatic rings. The minimum atomic E-state index is -0.270. The van der Waals surface area contributed by atoms with Crippen LogP contribution in [0, 0.1) is 34.0 Å². The number of anilines is 1. The Labute approximate surface area is 226 Å². The molecule has 1 aromatic carbocycles. The SMILES string of the molecule is CCCC1=CN2N=CC(C#N)C2C(c2ccc(N3CCC(CC#N)(Cc4ccc(CC)cc4)CC3)nc2)=C1. The molecule has 1 fully saturated rings. The highest BCUT2D eigenvalue weighted by Gasteiger charge is 2.37. The lowest BCUT2D eigenvalue weighted by atomic mass is 9.71. The molecule has 0 saturated carbocycles. The zero-order valence-corrected chi connectivity index (χ0v) is 22.5. The van der Waals surface area contributed by atoms with Gasteiger partial charge in [0.1, 0.15) is 11.7 Å². The van der Waals surface area contributed by atoms with E-state index in [1.54, 1.807) is 6.21 Å². The highest BCUT2D eigenvalue weighted by atomic mass is 15.5. The zero-order valence-electron chi connectivity index (χ0n) is 22.5. The van der Waals surface area contributed by atoms with Crippen molar-refractivity contribution in [3.05, 3.63) is 77.1 Å². The molecular formula is C32H36N6. The highest BCUT2D eigenvalue weighted by molar-refractivity contribution is 5.81. The molecule has 0 radical (unpaired) electrons. The van der Waals surface area contributed by atoms with Crippen molar-refractivity contribution in [3.63, 3.8) is 0 Å². The first-order chi connectivity index (χ1) is 18.6. The molecular weight excluding hydrogens is 468 g/mol. The molecule has 0 amide bonds. The predicted octanol–water partition coefficient (Wildman–Crippen LogP) is 6.28. The Morgan fingerprint density at radius 3 is 2.42 bits per heavy atom. The molecule has 5 rings (SSSR count). The van der Waals surface area contributed by atoms with Gasteiger partial charge in [0.05, 0.1) is 18.2 Å². The standard InChI is InChI=1S/C32H36N6/c1-3-5-26-18-29(31-28(20-34)22-36-38(31)23-26)27-10-11-30(35-21-27)37-16-13-32(12-15-33,14-17-37)19-25-8-6-24(4-2)7-9-25/h6-11,18,21-23,28,31H,3-5,12-14,16-17,19H2,1-2H3. The van der Waals surface area contributed by atoms with Gasteiger partial charge in [-0.15, -0.1) is 0 Å². The molecule has 0 aliphatic carbocycles. The van der Waals surface area contributed by atoms with Gasteiger partial charge in [-0.2, -0.15) is 15.6 Å². The van der Waals surface area contributed by atoms with Gasteiger partial charge in [0.2, 0.25) is 0 Å². The summed E-state index contributed by atoms with van der Waals surface area (Å²) in [6, 6.07) is 17.9. The van der Waals surface area contributed by atoms with Gasteiger partial charge in [-0.3, -0.25) is 5.01 Å². The average molecular weight is 505 g/mol. The summed E-state index contributed by atoms with van der Waals surface area (Å²) in [4.78, 5) is 7.22. The largest absolute Gasteiger partial charge is 0.357 e. The Hall–Kier alpha value is -3.90. The van der Waals surface area contributed by atoms with E-state index in [-0.39, 0.29) is 17.4 Å². The molecule has 2 unspecified atom stereocenters. The number of aryl methyl sites for hydroxylation is 1. The Balaban J connectivity index is 1.29. The van der Waals surface area contributed by atoms with E-state index in [0.717, 1.165) is 68.6 Å². The molecule has 1 saturated heterocycles. The molecule has 1 aromatic heterocycles. The van der Waals surface area contributed by atoms with Crippen molar-refractivity contribution in [2.45, 2.75) is 64.8 Å². The zero-order chi connectivity index (χ0) is 26.5. The van der Waals surface area contributed by atoms with Gasteiger partial charge >= 0.3 is 0 Å². The number of hydrogen-bond donors (Lipinski definition) is 0. The molecule has 6 nitrogen and oxygen atoms in total. The summed E-state index contributed by atoms with van der Waals surface area (Å²) in [6.45, 7) is 6.14. The van der Waals surface area contributed by atoms with Crippen molar-refractivity contribution in [1.29, 1.82) is 10.5 Å². The van der Waals surface area contributed by atoms with Crippen LogP contribution in [0.5, 0.6) is 0 Å². The number of aromatic nitrogens is 1. The first kappa shape index (κ1) is 25.7. The molecule has 0 spiro atoms. The number of piperidine rings is 1. The average Bonchev–Trinajstić information content (AvgIpc) is 3.37. The monoisotopic (exact) mass is 504 g/mol. The summed E-state index contributed by atoms with van der Waals surface area (Å²) >= 11 is 0. The molecule has 2 atom stereocenters. The van der Waals surface area contributed by atoms with Crippen molar-refractivity contribution < 1.29 is 0 Å². The van der Waals surface area contributed by atoms with Crippen molar-refractivity contribution >= 4 is 17.6 Å². The van der Waals surface area contributed by atoms with Crippen LogP contribution in [0.4, 0.5) is 5.82 Å². The number of nitrogens with zero attached hydrogens (tertiary/aromatic N) is 6. The summed E-state index contributed by atoms with van der Waals surface area (Å²) in [5, 5.41) is 25.7. The number of fused-ring (bicyclic) bond motifs is 1. The third-order valence-corrected chi connectivity index (χ3v) is 8.32. The van der Waals surface area contributed by atoms with Gasteiger partial charge in [0.15, 0.2) is 0 Å². The number of benzene rings is 1. The lowest BCUT2D eigenvalue weighted by Crippen LogP contribution is -2.41. The van der Waals surface area contributed by atoms with Gasteiger partial charge < -0.3 is 4.90 Å². The van der Waals surface area contributed by atoms with Crippen LogP contribution in [-0.2, 0) is 12.8 Å². The minimum Gasteiger partial charge on any atom is -0.357 e. The van der Waals surface area contributed by atoms with E-state index in [9.17, 15) is 10.5 Å². The van der Waals surface area contributed by atoms with Crippen LogP contribution in [0.15, 0.2) is 65.5 Å². The Bertz CT molecular complexity index is 1300. The fourth-order valence-electron chi connectivity index (χ4n) is 6.06. The third-order valence-electron chi connectivity index (χ3n) is 8.32. The van der Waals surface area contributed by atoms with Crippen molar-refractivity contribution in [3.8, 4) is 12.1 Å². The third kappa shape index (κ3) is 5.22. The van der Waals surface area contributed by atoms with E-state index >= 15 is 0 Å². The van der Waals surface area contributed by atoms with E-state index in [0.29, 0.717) is 6.42 Å². The molecule has 6 heteroatoms. The lowest BCUT2D eigenvalue weighted by molar-refractivity contribution is 0.221. The maximum atomic E-state index is 9.69. The second-order valence-corrected chi connectivity index (χ2v) is 10.9. The fraction of sp³-hybridized carbons (Fsp3) is 0.438. The van der Waals surface area contributed by atoms with E-state index in [2.05, 4.69) is 84.7 Å². The van der Waals surface area contributed by atoms with Gasteiger partial charge in [0, 0.05) is 38.1 Å². The maximum absolute atomic E-state index is 9.69. The van der Waals surface area contributed by atoms with Crippen molar-refractivity contribution in [2.75, 3.05) is 18.0 Å². The molecule has 0 bridgehead atoms. The van der Waals surface area contributed by atoms with Gasteiger partial charge in [-0.25, -0.2) is 4.98 Å². The Morgan fingerprint density at radius 2 is 1.79 bits per heavy atom. The summed E-state index contributed by atoms with van der Waals surface area (Å²) in [6.07, 6.45) is 14.6. The molecule has 2 aromatic rings. The topological polar surface area (TPSA) is 79.3 Å². The normalized spacial score (nSPS) is 21.8. The van der Waals surface area contributed by atoms with Gasteiger partial charge in [-0.05, 0) is 77.5 Å². The minimum absolute atomic E-state index is 0.0199. The second-order valence-electron chi connectivity index (χ2n) is 10.9. The maximum Gasteiger partial charge on any atom is 0.128 e. The van der Waals surface area contributed by atoms with Crippen LogP contribution < -0.4 is 4.90 Å². The molecule has 4 heterocycles. The van der Waals surface area contributed by atoms with E-state index in [4.69, 9.17) is 4.98 Å². The predicted molar refractivity (Wildman–Crippen MR) is 152 cm³/mol. The Morgan fingerprint density at radius 1 is 1.03 bits per heavy atom. The van der Waals surface area contributed by atoms with E-state index in [1.807, 2.05) is 11.2 Å². The highest BCUT2D eigenvalue weighted by Crippen LogP contribution is 2.40.